The smallest absolute Gasteiger partial charge is 0.189 e. The van der Waals surface area contributed by atoms with E-state index in [-0.39, 0.29) is 18.0 Å². The van der Waals surface area contributed by atoms with Gasteiger partial charge in [-0.25, -0.2) is 13.8 Å². The van der Waals surface area contributed by atoms with Gasteiger partial charge in [-0.05, 0) is 55.3 Å². The SMILES string of the molecule is CNCCNc1nc2ccc(-c3cccc(F)c3C)cn2c1C(=O)[C@@H]1C[C@@H]1F. The topological polar surface area (TPSA) is 58.4 Å². The monoisotopic (exact) mass is 384 g/mol. The lowest BCUT2D eigenvalue weighted by Gasteiger charge is -2.09. The molecule has 0 bridgehead atoms. The average Bonchev–Trinajstić information content (AvgIpc) is 3.30. The Morgan fingerprint density at radius 3 is 2.79 bits per heavy atom. The van der Waals surface area contributed by atoms with Crippen LogP contribution in [0.3, 0.4) is 0 Å². The number of rotatable bonds is 7. The molecule has 4 rings (SSSR count). The molecule has 1 aromatic carbocycles. The molecule has 0 aliphatic heterocycles. The number of imidazole rings is 1. The zero-order valence-electron chi connectivity index (χ0n) is 15.8. The summed E-state index contributed by atoms with van der Waals surface area (Å²) in [5, 5.41) is 6.19. The first-order chi connectivity index (χ1) is 13.5. The van der Waals surface area contributed by atoms with Crippen molar-refractivity contribution in [3.63, 3.8) is 0 Å². The van der Waals surface area contributed by atoms with Crippen molar-refractivity contribution in [2.75, 3.05) is 25.5 Å². The van der Waals surface area contributed by atoms with E-state index in [2.05, 4.69) is 15.6 Å². The van der Waals surface area contributed by atoms with Crippen molar-refractivity contribution in [1.29, 1.82) is 0 Å². The highest BCUT2D eigenvalue weighted by atomic mass is 19.1. The third-order valence-corrected chi connectivity index (χ3v) is 5.15. The van der Waals surface area contributed by atoms with Crippen LogP contribution in [0.15, 0.2) is 36.5 Å². The first kappa shape index (κ1) is 18.6. The van der Waals surface area contributed by atoms with Crippen molar-refractivity contribution in [1.82, 2.24) is 14.7 Å². The minimum Gasteiger partial charge on any atom is -0.367 e. The maximum atomic E-state index is 14.0. The molecule has 146 valence electrons. The number of benzene rings is 1. The zero-order chi connectivity index (χ0) is 19.8. The summed E-state index contributed by atoms with van der Waals surface area (Å²) < 4.78 is 29.3. The second-order valence-corrected chi connectivity index (χ2v) is 7.12. The summed E-state index contributed by atoms with van der Waals surface area (Å²) >= 11 is 0. The minimum atomic E-state index is -1.09. The molecule has 0 unspecified atom stereocenters. The van der Waals surface area contributed by atoms with Crippen LogP contribution in [0.5, 0.6) is 0 Å². The molecular formula is C21H22F2N4O. The number of hydrogen-bond acceptors (Lipinski definition) is 4. The van der Waals surface area contributed by atoms with Gasteiger partial charge >= 0.3 is 0 Å². The molecule has 2 atom stereocenters. The predicted molar refractivity (Wildman–Crippen MR) is 105 cm³/mol. The van der Waals surface area contributed by atoms with Crippen molar-refractivity contribution in [3.05, 3.63) is 53.6 Å². The fraction of sp³-hybridized carbons (Fsp3) is 0.333. The van der Waals surface area contributed by atoms with Gasteiger partial charge in [0.05, 0.1) is 5.92 Å². The van der Waals surface area contributed by atoms with Crippen molar-refractivity contribution in [2.45, 2.75) is 19.5 Å². The number of carbonyl (C=O) groups excluding carboxylic acids is 1. The van der Waals surface area contributed by atoms with Crippen LogP contribution < -0.4 is 10.6 Å². The van der Waals surface area contributed by atoms with Gasteiger partial charge in [-0.1, -0.05) is 12.1 Å². The lowest BCUT2D eigenvalue weighted by atomic mass is 10.0. The van der Waals surface area contributed by atoms with Crippen molar-refractivity contribution in [3.8, 4) is 11.1 Å². The van der Waals surface area contributed by atoms with Crippen molar-refractivity contribution < 1.29 is 13.6 Å². The molecule has 2 heterocycles. The molecule has 1 saturated carbocycles. The average molecular weight is 384 g/mol. The van der Waals surface area contributed by atoms with Gasteiger partial charge in [-0.3, -0.25) is 9.20 Å². The van der Waals surface area contributed by atoms with Crippen LogP contribution in [-0.4, -0.2) is 41.5 Å². The molecule has 3 aromatic rings. The third-order valence-electron chi connectivity index (χ3n) is 5.15. The lowest BCUT2D eigenvalue weighted by molar-refractivity contribution is 0.0952. The van der Waals surface area contributed by atoms with Gasteiger partial charge < -0.3 is 10.6 Å². The minimum absolute atomic E-state index is 0.250. The molecule has 1 fully saturated rings. The number of anilines is 1. The van der Waals surface area contributed by atoms with E-state index in [1.807, 2.05) is 19.2 Å². The molecule has 0 spiro atoms. The Morgan fingerprint density at radius 2 is 2.07 bits per heavy atom. The number of Topliss-reactive ketones (excluding diaryl/α,β-unsaturated/α-hetero) is 1. The number of likely N-dealkylation sites (N-methyl/N-ethyl adjacent to an activating group) is 1. The largest absolute Gasteiger partial charge is 0.367 e. The highest BCUT2D eigenvalue weighted by Crippen LogP contribution is 2.38. The van der Waals surface area contributed by atoms with Crippen LogP contribution in [-0.2, 0) is 0 Å². The molecule has 2 N–H and O–H groups in total. The van der Waals surface area contributed by atoms with Gasteiger partial charge in [-0.2, -0.15) is 0 Å². The van der Waals surface area contributed by atoms with Crippen molar-refractivity contribution in [2.24, 2.45) is 5.92 Å². The molecule has 1 aliphatic rings. The summed E-state index contributed by atoms with van der Waals surface area (Å²) in [7, 11) is 1.84. The second kappa shape index (κ2) is 7.31. The lowest BCUT2D eigenvalue weighted by Crippen LogP contribution is -2.19. The number of alkyl halides is 1. The fourth-order valence-electron chi connectivity index (χ4n) is 3.40. The first-order valence-corrected chi connectivity index (χ1v) is 9.35. The van der Waals surface area contributed by atoms with Crippen LogP contribution >= 0.6 is 0 Å². The number of fused-ring (bicyclic) bond motifs is 1. The normalized spacial score (nSPS) is 18.4. The Labute approximate surface area is 161 Å². The number of hydrogen-bond donors (Lipinski definition) is 2. The van der Waals surface area contributed by atoms with E-state index >= 15 is 0 Å². The summed E-state index contributed by atoms with van der Waals surface area (Å²) in [5.41, 5.74) is 2.99. The summed E-state index contributed by atoms with van der Waals surface area (Å²) in [6.07, 6.45) is 0.942. The van der Waals surface area contributed by atoms with Gasteiger partial charge in [0.1, 0.15) is 23.3 Å². The Balaban J connectivity index is 1.82. The molecule has 2 aromatic heterocycles. The summed E-state index contributed by atoms with van der Waals surface area (Å²) in [4.78, 5) is 17.4. The number of aromatic nitrogens is 2. The van der Waals surface area contributed by atoms with E-state index < -0.39 is 12.1 Å². The molecule has 0 amide bonds. The molecule has 7 heteroatoms. The molecule has 28 heavy (non-hydrogen) atoms. The van der Waals surface area contributed by atoms with Crippen LogP contribution in [0.4, 0.5) is 14.6 Å². The Morgan fingerprint density at radius 1 is 1.29 bits per heavy atom. The summed E-state index contributed by atoms with van der Waals surface area (Å²) in [6.45, 7) is 3.00. The number of pyridine rings is 1. The van der Waals surface area contributed by atoms with E-state index in [0.717, 1.165) is 11.1 Å². The van der Waals surface area contributed by atoms with Gasteiger partial charge in [0.2, 0.25) is 0 Å². The number of nitrogens with zero attached hydrogens (tertiary/aromatic N) is 2. The van der Waals surface area contributed by atoms with E-state index in [4.69, 9.17) is 0 Å². The Kier molecular flexibility index (Phi) is 4.85. The zero-order valence-corrected chi connectivity index (χ0v) is 15.8. The quantitative estimate of drug-likeness (QED) is 0.483. The van der Waals surface area contributed by atoms with Crippen LogP contribution in [0.1, 0.15) is 22.5 Å². The third kappa shape index (κ3) is 3.26. The number of halogens is 2. The van der Waals surface area contributed by atoms with Crippen LogP contribution in [0.2, 0.25) is 0 Å². The predicted octanol–water partition coefficient (Wildman–Crippen LogP) is 3.62. The number of nitrogens with one attached hydrogen (secondary N) is 2. The fourth-order valence-corrected chi connectivity index (χ4v) is 3.40. The standard InChI is InChI=1S/C21H22F2N4O/c1-12-14(4-3-5-16(12)22)13-6-7-18-26-21(25-9-8-24-2)19(27(18)11-13)20(28)15-10-17(15)23/h3-7,11,15,17,24-25H,8-10H2,1-2H3/t15-,17+/m1/s1. The van der Waals surface area contributed by atoms with Crippen LogP contribution in [0.25, 0.3) is 16.8 Å². The van der Waals surface area contributed by atoms with E-state index in [9.17, 15) is 13.6 Å². The summed E-state index contributed by atoms with van der Waals surface area (Å²) in [6, 6.07) is 8.55. The Bertz CT molecular complexity index is 1050. The number of carbonyl (C=O) groups is 1. The molecule has 0 saturated heterocycles. The van der Waals surface area contributed by atoms with Gasteiger partial charge in [-0.15, -0.1) is 0 Å². The maximum absolute atomic E-state index is 14.0. The van der Waals surface area contributed by atoms with E-state index in [0.29, 0.717) is 35.8 Å². The second-order valence-electron chi connectivity index (χ2n) is 7.12. The molecule has 5 nitrogen and oxygen atoms in total. The van der Waals surface area contributed by atoms with Gasteiger partial charge in [0.15, 0.2) is 11.6 Å². The highest BCUT2D eigenvalue weighted by Gasteiger charge is 2.45. The Hall–Kier alpha value is -2.80. The van der Waals surface area contributed by atoms with Crippen molar-refractivity contribution >= 4 is 17.2 Å². The maximum Gasteiger partial charge on any atom is 0.189 e. The first-order valence-electron chi connectivity index (χ1n) is 9.35. The van der Waals surface area contributed by atoms with Crippen LogP contribution in [0, 0.1) is 18.7 Å². The molecule has 1 aliphatic carbocycles. The van der Waals surface area contributed by atoms with Gasteiger partial charge in [0.25, 0.3) is 0 Å². The highest BCUT2D eigenvalue weighted by molar-refractivity contribution is 6.03. The van der Waals surface area contributed by atoms with E-state index in [1.54, 1.807) is 29.7 Å². The molecular weight excluding hydrogens is 362 g/mol. The number of ketones is 1. The van der Waals surface area contributed by atoms with E-state index in [1.165, 1.54) is 6.07 Å². The molecule has 0 radical (unpaired) electrons. The van der Waals surface area contributed by atoms with Gasteiger partial charge in [0, 0.05) is 19.3 Å². The summed E-state index contributed by atoms with van der Waals surface area (Å²) in [5.74, 6) is -0.691.